The molecule has 1 aromatic carbocycles. The maximum absolute atomic E-state index is 12.3. The number of rotatable bonds is 8. The summed E-state index contributed by atoms with van der Waals surface area (Å²) >= 11 is 0. The van der Waals surface area contributed by atoms with Crippen molar-refractivity contribution in [2.24, 2.45) is 5.92 Å². The Morgan fingerprint density at radius 1 is 1.24 bits per heavy atom. The van der Waals surface area contributed by atoms with Crippen molar-refractivity contribution in [1.82, 2.24) is 19.8 Å². The van der Waals surface area contributed by atoms with Crippen molar-refractivity contribution in [3.63, 3.8) is 0 Å². The summed E-state index contributed by atoms with van der Waals surface area (Å²) < 4.78 is 25.5. The quantitative estimate of drug-likeness (QED) is 0.646. The van der Waals surface area contributed by atoms with Crippen molar-refractivity contribution in [2.45, 2.75) is 37.6 Å². The zero-order valence-electron chi connectivity index (χ0n) is 17.6. The molecule has 1 heterocycles. The molecule has 2 N–H and O–H groups in total. The topological polar surface area (TPSA) is 98.8 Å². The Morgan fingerprint density at radius 2 is 1.97 bits per heavy atom. The van der Waals surface area contributed by atoms with Crippen molar-refractivity contribution in [2.75, 3.05) is 40.3 Å². The van der Waals surface area contributed by atoms with E-state index < -0.39 is 15.9 Å². The fourth-order valence-corrected chi connectivity index (χ4v) is 4.27. The van der Waals surface area contributed by atoms with Crippen LogP contribution in [-0.2, 0) is 14.8 Å². The number of carbonyl (C=O) groups is 2. The molecule has 1 fully saturated rings. The van der Waals surface area contributed by atoms with Crippen molar-refractivity contribution in [1.29, 1.82) is 0 Å². The summed E-state index contributed by atoms with van der Waals surface area (Å²) in [6.07, 6.45) is 2.21. The molecule has 1 saturated heterocycles. The van der Waals surface area contributed by atoms with E-state index >= 15 is 0 Å². The molecule has 8 nitrogen and oxygen atoms in total. The molecule has 1 unspecified atom stereocenters. The van der Waals surface area contributed by atoms with Crippen LogP contribution >= 0.6 is 0 Å². The molecule has 1 aliphatic rings. The fourth-order valence-electron chi connectivity index (χ4n) is 3.32. The molecule has 2 rings (SSSR count). The lowest BCUT2D eigenvalue weighted by Gasteiger charge is -2.35. The van der Waals surface area contributed by atoms with Gasteiger partial charge < -0.3 is 15.5 Å². The molecule has 0 radical (unpaired) electrons. The number of carbonyl (C=O) groups excluding carboxylic acids is 2. The maximum atomic E-state index is 12.3. The number of piperidine rings is 1. The predicted octanol–water partition coefficient (Wildman–Crippen LogP) is 0.903. The zero-order chi connectivity index (χ0) is 21.6. The minimum absolute atomic E-state index is 0.0339. The van der Waals surface area contributed by atoms with Crippen molar-refractivity contribution < 1.29 is 18.0 Å². The lowest BCUT2D eigenvalue weighted by molar-refractivity contribution is -0.120. The lowest BCUT2D eigenvalue weighted by Crippen LogP contribution is -2.45. The van der Waals surface area contributed by atoms with Crippen LogP contribution in [0.5, 0.6) is 0 Å². The molecule has 1 atom stereocenters. The van der Waals surface area contributed by atoms with Crippen molar-refractivity contribution >= 4 is 21.8 Å². The third kappa shape index (κ3) is 6.52. The highest BCUT2D eigenvalue weighted by molar-refractivity contribution is 7.89. The SMILES string of the molecule is CC(C)N1CCCC(CNC(=O)CNC(=O)c2cccc(S(=O)(=O)N(C)C)c2)C1. The largest absolute Gasteiger partial charge is 0.354 e. The number of sulfonamides is 1. The Labute approximate surface area is 173 Å². The van der Waals surface area contributed by atoms with Gasteiger partial charge in [-0.15, -0.1) is 0 Å². The number of hydrogen-bond acceptors (Lipinski definition) is 5. The molecule has 1 aromatic rings. The summed E-state index contributed by atoms with van der Waals surface area (Å²) in [5.74, 6) is -0.324. The van der Waals surface area contributed by atoms with E-state index in [1.165, 1.54) is 38.4 Å². The van der Waals surface area contributed by atoms with Gasteiger partial charge in [0, 0.05) is 38.8 Å². The van der Waals surface area contributed by atoms with Crippen LogP contribution in [0, 0.1) is 5.92 Å². The molecular weight excluding hydrogens is 392 g/mol. The highest BCUT2D eigenvalue weighted by Crippen LogP contribution is 2.17. The molecule has 9 heteroatoms. The van der Waals surface area contributed by atoms with E-state index in [2.05, 4.69) is 29.4 Å². The van der Waals surface area contributed by atoms with Gasteiger partial charge in [0.25, 0.3) is 5.91 Å². The van der Waals surface area contributed by atoms with Crippen LogP contribution in [0.15, 0.2) is 29.2 Å². The standard InChI is InChI=1S/C20H32N4O4S/c1-15(2)24-10-6-7-16(14-24)12-21-19(25)13-22-20(26)17-8-5-9-18(11-17)29(27,28)23(3)4/h5,8-9,11,15-16H,6-7,10,12-14H2,1-4H3,(H,21,25)(H,22,26). The van der Waals surface area contributed by atoms with Gasteiger partial charge in [-0.2, -0.15) is 0 Å². The van der Waals surface area contributed by atoms with E-state index in [1.807, 2.05) is 0 Å². The van der Waals surface area contributed by atoms with Crippen LogP contribution in [0.25, 0.3) is 0 Å². The minimum Gasteiger partial charge on any atom is -0.354 e. The molecule has 2 amide bonds. The lowest BCUT2D eigenvalue weighted by atomic mass is 9.97. The number of hydrogen-bond donors (Lipinski definition) is 2. The molecule has 0 bridgehead atoms. The summed E-state index contributed by atoms with van der Waals surface area (Å²) in [4.78, 5) is 26.9. The van der Waals surface area contributed by atoms with E-state index in [0.29, 0.717) is 18.5 Å². The van der Waals surface area contributed by atoms with E-state index in [1.54, 1.807) is 0 Å². The molecule has 1 aliphatic heterocycles. The van der Waals surface area contributed by atoms with E-state index in [0.717, 1.165) is 30.2 Å². The van der Waals surface area contributed by atoms with Gasteiger partial charge in [0.2, 0.25) is 15.9 Å². The average molecular weight is 425 g/mol. The van der Waals surface area contributed by atoms with Gasteiger partial charge in [-0.3, -0.25) is 9.59 Å². The summed E-state index contributed by atoms with van der Waals surface area (Å²) in [7, 11) is -0.767. The molecule has 0 spiro atoms. The first kappa shape index (κ1) is 23.3. The highest BCUT2D eigenvalue weighted by Gasteiger charge is 2.22. The molecule has 0 aromatic heterocycles. The Bertz CT molecular complexity index is 824. The van der Waals surface area contributed by atoms with Gasteiger partial charge in [0.05, 0.1) is 11.4 Å². The van der Waals surface area contributed by atoms with Crippen LogP contribution < -0.4 is 10.6 Å². The number of benzene rings is 1. The summed E-state index contributed by atoms with van der Waals surface area (Å²) in [5, 5.41) is 5.44. The number of nitrogens with zero attached hydrogens (tertiary/aromatic N) is 2. The van der Waals surface area contributed by atoms with Crippen LogP contribution in [0.2, 0.25) is 0 Å². The summed E-state index contributed by atoms with van der Waals surface area (Å²) in [6, 6.07) is 6.27. The molecule has 0 aliphatic carbocycles. The maximum Gasteiger partial charge on any atom is 0.251 e. The number of nitrogens with one attached hydrogen (secondary N) is 2. The molecule has 162 valence electrons. The second kappa shape index (κ2) is 10.2. The first-order valence-electron chi connectivity index (χ1n) is 9.92. The normalized spacial score (nSPS) is 18.1. The zero-order valence-corrected chi connectivity index (χ0v) is 18.5. The molecule has 29 heavy (non-hydrogen) atoms. The van der Waals surface area contributed by atoms with Crippen LogP contribution in [0.4, 0.5) is 0 Å². The van der Waals surface area contributed by atoms with Gasteiger partial charge in [0.15, 0.2) is 0 Å². The van der Waals surface area contributed by atoms with Gasteiger partial charge in [0.1, 0.15) is 0 Å². The summed E-state index contributed by atoms with van der Waals surface area (Å²) in [6.45, 7) is 6.86. The first-order chi connectivity index (χ1) is 13.6. The van der Waals surface area contributed by atoms with Gasteiger partial charge in [-0.05, 0) is 57.4 Å². The summed E-state index contributed by atoms with van der Waals surface area (Å²) in [5.41, 5.74) is 0.195. The Balaban J connectivity index is 1.84. The van der Waals surface area contributed by atoms with Crippen LogP contribution in [0.1, 0.15) is 37.0 Å². The fraction of sp³-hybridized carbons (Fsp3) is 0.600. The molecular formula is C20H32N4O4S. The van der Waals surface area contributed by atoms with Gasteiger partial charge in [-0.1, -0.05) is 6.07 Å². The smallest absolute Gasteiger partial charge is 0.251 e. The highest BCUT2D eigenvalue weighted by atomic mass is 32.2. The Kier molecular flexibility index (Phi) is 8.18. The first-order valence-corrected chi connectivity index (χ1v) is 11.4. The van der Waals surface area contributed by atoms with Crippen molar-refractivity contribution in [3.8, 4) is 0 Å². The van der Waals surface area contributed by atoms with Gasteiger partial charge in [-0.25, -0.2) is 12.7 Å². The average Bonchev–Trinajstić information content (AvgIpc) is 2.70. The van der Waals surface area contributed by atoms with E-state index in [-0.39, 0.29) is 22.9 Å². The second-order valence-electron chi connectivity index (χ2n) is 7.90. The minimum atomic E-state index is -3.63. The van der Waals surface area contributed by atoms with E-state index in [4.69, 9.17) is 0 Å². The third-order valence-electron chi connectivity index (χ3n) is 5.15. The number of amides is 2. The monoisotopic (exact) mass is 424 g/mol. The Hall–Kier alpha value is -1.97. The third-order valence-corrected chi connectivity index (χ3v) is 6.96. The van der Waals surface area contributed by atoms with Crippen molar-refractivity contribution in [3.05, 3.63) is 29.8 Å². The Morgan fingerprint density at radius 3 is 2.62 bits per heavy atom. The van der Waals surface area contributed by atoms with Gasteiger partial charge >= 0.3 is 0 Å². The predicted molar refractivity (Wildman–Crippen MR) is 112 cm³/mol. The second-order valence-corrected chi connectivity index (χ2v) is 10.1. The van der Waals surface area contributed by atoms with Crippen LogP contribution in [-0.4, -0.2) is 75.8 Å². The molecule has 0 saturated carbocycles. The van der Waals surface area contributed by atoms with Crippen LogP contribution in [0.3, 0.4) is 0 Å². The van der Waals surface area contributed by atoms with E-state index in [9.17, 15) is 18.0 Å². The number of likely N-dealkylation sites (tertiary alicyclic amines) is 1.